The SMILES string of the molecule is COc1ccc(C(C)=O)c(NC(=O)c2coc(NC(C)C)n2)c1Cl. The summed E-state index contributed by atoms with van der Waals surface area (Å²) in [5, 5.41) is 5.68. The predicted molar refractivity (Wildman–Crippen MR) is 91.2 cm³/mol. The van der Waals surface area contributed by atoms with Crippen LogP contribution < -0.4 is 15.4 Å². The molecule has 0 aliphatic carbocycles. The topological polar surface area (TPSA) is 93.5 Å². The monoisotopic (exact) mass is 351 g/mol. The van der Waals surface area contributed by atoms with Gasteiger partial charge in [0.25, 0.3) is 11.9 Å². The van der Waals surface area contributed by atoms with Gasteiger partial charge in [0.2, 0.25) is 0 Å². The van der Waals surface area contributed by atoms with Crippen LogP contribution in [0.5, 0.6) is 5.75 Å². The van der Waals surface area contributed by atoms with Crippen molar-refractivity contribution in [2.45, 2.75) is 26.8 Å². The summed E-state index contributed by atoms with van der Waals surface area (Å²) in [6, 6.07) is 3.45. The van der Waals surface area contributed by atoms with Gasteiger partial charge in [0.15, 0.2) is 11.5 Å². The molecule has 0 aliphatic rings. The summed E-state index contributed by atoms with van der Waals surface area (Å²) < 4.78 is 10.3. The second kappa shape index (κ2) is 7.35. The van der Waals surface area contributed by atoms with Gasteiger partial charge in [0, 0.05) is 11.6 Å². The van der Waals surface area contributed by atoms with Gasteiger partial charge >= 0.3 is 0 Å². The van der Waals surface area contributed by atoms with Crippen LogP contribution in [-0.4, -0.2) is 29.8 Å². The van der Waals surface area contributed by atoms with E-state index in [1.807, 2.05) is 13.8 Å². The first-order valence-corrected chi connectivity index (χ1v) is 7.62. The highest BCUT2D eigenvalue weighted by molar-refractivity contribution is 6.36. The number of benzene rings is 1. The van der Waals surface area contributed by atoms with Crippen molar-refractivity contribution < 1.29 is 18.7 Å². The number of ketones is 1. The number of anilines is 2. The molecular weight excluding hydrogens is 334 g/mol. The van der Waals surface area contributed by atoms with Crippen LogP contribution in [0.3, 0.4) is 0 Å². The van der Waals surface area contributed by atoms with Crippen molar-refractivity contribution in [1.82, 2.24) is 4.98 Å². The Labute approximate surface area is 144 Å². The van der Waals surface area contributed by atoms with Gasteiger partial charge in [-0.3, -0.25) is 9.59 Å². The number of nitrogens with zero attached hydrogens (tertiary/aromatic N) is 1. The summed E-state index contributed by atoms with van der Waals surface area (Å²) in [7, 11) is 1.45. The highest BCUT2D eigenvalue weighted by Crippen LogP contribution is 2.35. The van der Waals surface area contributed by atoms with Crippen LogP contribution in [0.25, 0.3) is 0 Å². The molecule has 1 heterocycles. The van der Waals surface area contributed by atoms with Crippen LogP contribution in [0.4, 0.5) is 11.7 Å². The molecule has 0 radical (unpaired) electrons. The molecule has 0 aliphatic heterocycles. The number of amides is 1. The first-order valence-electron chi connectivity index (χ1n) is 7.24. The van der Waals surface area contributed by atoms with Crippen molar-refractivity contribution >= 4 is 35.0 Å². The largest absolute Gasteiger partial charge is 0.495 e. The number of aromatic nitrogens is 1. The van der Waals surface area contributed by atoms with Crippen LogP contribution in [0.15, 0.2) is 22.8 Å². The number of rotatable bonds is 6. The number of carbonyl (C=O) groups is 2. The number of ether oxygens (including phenoxy) is 1. The van der Waals surface area contributed by atoms with E-state index in [2.05, 4.69) is 15.6 Å². The zero-order valence-electron chi connectivity index (χ0n) is 13.8. The minimum atomic E-state index is -0.548. The van der Waals surface area contributed by atoms with Gasteiger partial charge < -0.3 is 19.8 Å². The van der Waals surface area contributed by atoms with Crippen molar-refractivity contribution in [1.29, 1.82) is 0 Å². The normalized spacial score (nSPS) is 10.6. The van der Waals surface area contributed by atoms with Gasteiger partial charge in [-0.05, 0) is 32.9 Å². The molecule has 0 atom stereocenters. The second-order valence-electron chi connectivity index (χ2n) is 5.35. The summed E-state index contributed by atoms with van der Waals surface area (Å²) in [5.74, 6) is -0.440. The molecule has 0 bridgehead atoms. The van der Waals surface area contributed by atoms with E-state index in [-0.39, 0.29) is 39.8 Å². The van der Waals surface area contributed by atoms with Gasteiger partial charge in [-0.15, -0.1) is 0 Å². The minimum Gasteiger partial charge on any atom is -0.495 e. The molecule has 1 aromatic carbocycles. The Hall–Kier alpha value is -2.54. The van der Waals surface area contributed by atoms with Gasteiger partial charge in [0.1, 0.15) is 17.0 Å². The Kier molecular flexibility index (Phi) is 5.46. The fraction of sp³-hybridized carbons (Fsp3) is 0.312. The summed E-state index contributed by atoms with van der Waals surface area (Å²) in [5.41, 5.74) is 0.514. The van der Waals surface area contributed by atoms with Crippen LogP contribution in [0.1, 0.15) is 41.6 Å². The van der Waals surface area contributed by atoms with Crippen LogP contribution in [0.2, 0.25) is 5.02 Å². The van der Waals surface area contributed by atoms with Gasteiger partial charge in [-0.1, -0.05) is 11.6 Å². The lowest BCUT2D eigenvalue weighted by molar-refractivity contribution is 0.101. The molecule has 7 nitrogen and oxygen atoms in total. The van der Waals surface area contributed by atoms with Crippen molar-refractivity contribution in [3.8, 4) is 5.75 Å². The Morgan fingerprint density at radius 2 is 2.04 bits per heavy atom. The quantitative estimate of drug-likeness (QED) is 0.772. The number of Topliss-reactive ketones (excluding diaryl/α,β-unsaturated/α-hetero) is 1. The molecule has 2 rings (SSSR count). The Bertz CT molecular complexity index is 771. The summed E-state index contributed by atoms with van der Waals surface area (Å²) in [4.78, 5) is 28.2. The highest BCUT2D eigenvalue weighted by Gasteiger charge is 2.20. The lowest BCUT2D eigenvalue weighted by Crippen LogP contribution is -2.16. The van der Waals surface area contributed by atoms with Crippen LogP contribution >= 0.6 is 11.6 Å². The van der Waals surface area contributed by atoms with E-state index >= 15 is 0 Å². The number of oxazole rings is 1. The lowest BCUT2D eigenvalue weighted by Gasteiger charge is -2.13. The fourth-order valence-electron chi connectivity index (χ4n) is 2.00. The third-order valence-electron chi connectivity index (χ3n) is 3.09. The second-order valence-corrected chi connectivity index (χ2v) is 5.73. The van der Waals surface area contributed by atoms with E-state index in [9.17, 15) is 9.59 Å². The molecule has 0 saturated heterocycles. The number of methoxy groups -OCH3 is 1. The molecule has 2 N–H and O–H groups in total. The number of hydrogen-bond donors (Lipinski definition) is 2. The molecule has 0 fully saturated rings. The first kappa shape index (κ1) is 17.8. The standard InChI is InChI=1S/C16H18ClN3O4/c1-8(2)18-16-19-11(7-24-16)15(22)20-14-10(9(3)21)5-6-12(23-4)13(14)17/h5-8H,1-4H3,(H,18,19)(H,20,22). The zero-order chi connectivity index (χ0) is 17.9. The molecule has 1 aromatic heterocycles. The number of halogens is 1. The Balaban J connectivity index is 2.31. The molecule has 0 unspecified atom stereocenters. The van der Waals surface area contributed by atoms with E-state index in [1.54, 1.807) is 6.07 Å². The Morgan fingerprint density at radius 3 is 2.62 bits per heavy atom. The molecule has 8 heteroatoms. The smallest absolute Gasteiger partial charge is 0.295 e. The maximum absolute atomic E-state index is 12.4. The molecular formula is C16H18ClN3O4. The minimum absolute atomic E-state index is 0.0616. The van der Waals surface area contributed by atoms with E-state index in [0.717, 1.165) is 0 Å². The number of hydrogen-bond acceptors (Lipinski definition) is 6. The zero-order valence-corrected chi connectivity index (χ0v) is 14.5. The van der Waals surface area contributed by atoms with Crippen molar-refractivity contribution in [3.63, 3.8) is 0 Å². The third kappa shape index (κ3) is 3.86. The highest BCUT2D eigenvalue weighted by atomic mass is 35.5. The molecule has 0 spiro atoms. The molecule has 0 saturated carbocycles. The number of nitrogens with one attached hydrogen (secondary N) is 2. The average molecular weight is 352 g/mol. The number of carbonyl (C=O) groups excluding carboxylic acids is 2. The van der Waals surface area contributed by atoms with Crippen LogP contribution in [-0.2, 0) is 0 Å². The fourth-order valence-corrected chi connectivity index (χ4v) is 2.29. The maximum atomic E-state index is 12.4. The van der Waals surface area contributed by atoms with Gasteiger partial charge in [-0.2, -0.15) is 4.98 Å². The maximum Gasteiger partial charge on any atom is 0.295 e. The molecule has 2 aromatic rings. The van der Waals surface area contributed by atoms with Crippen LogP contribution in [0, 0.1) is 0 Å². The van der Waals surface area contributed by atoms with E-state index in [0.29, 0.717) is 5.75 Å². The van der Waals surface area contributed by atoms with Crippen molar-refractivity contribution in [3.05, 3.63) is 34.7 Å². The van der Waals surface area contributed by atoms with E-state index in [4.69, 9.17) is 20.8 Å². The summed E-state index contributed by atoms with van der Waals surface area (Å²) in [6.07, 6.45) is 1.22. The third-order valence-corrected chi connectivity index (χ3v) is 3.47. The lowest BCUT2D eigenvalue weighted by atomic mass is 10.1. The Morgan fingerprint density at radius 1 is 1.33 bits per heavy atom. The van der Waals surface area contributed by atoms with E-state index in [1.165, 1.54) is 26.4 Å². The van der Waals surface area contributed by atoms with Crippen molar-refractivity contribution in [2.75, 3.05) is 17.7 Å². The van der Waals surface area contributed by atoms with Crippen molar-refractivity contribution in [2.24, 2.45) is 0 Å². The van der Waals surface area contributed by atoms with Gasteiger partial charge in [-0.25, -0.2) is 0 Å². The molecule has 24 heavy (non-hydrogen) atoms. The average Bonchev–Trinajstić information content (AvgIpc) is 2.96. The summed E-state index contributed by atoms with van der Waals surface area (Å²) in [6.45, 7) is 5.22. The summed E-state index contributed by atoms with van der Waals surface area (Å²) >= 11 is 6.22. The molecule has 1 amide bonds. The predicted octanol–water partition coefficient (Wildman–Crippen LogP) is 3.61. The van der Waals surface area contributed by atoms with Gasteiger partial charge in [0.05, 0.1) is 12.8 Å². The first-order chi connectivity index (χ1) is 11.3. The molecule has 128 valence electrons. The van der Waals surface area contributed by atoms with E-state index < -0.39 is 5.91 Å².